The van der Waals surface area contributed by atoms with Crippen LogP contribution in [-0.2, 0) is 4.79 Å². The van der Waals surface area contributed by atoms with Crippen molar-refractivity contribution in [3.8, 4) is 11.3 Å². The summed E-state index contributed by atoms with van der Waals surface area (Å²) in [5.74, 6) is -0.250. The van der Waals surface area contributed by atoms with E-state index in [1.54, 1.807) is 23.7 Å². The number of nitrogens with zero attached hydrogens (tertiary/aromatic N) is 4. The maximum Gasteiger partial charge on any atom is 0.236 e. The van der Waals surface area contributed by atoms with Gasteiger partial charge in [-0.3, -0.25) is 4.79 Å². The normalized spacial score (nSPS) is 11.0. The van der Waals surface area contributed by atoms with Crippen molar-refractivity contribution in [3.05, 3.63) is 48.0 Å². The highest BCUT2D eigenvalue weighted by atomic mass is 32.2. The molecule has 0 spiro atoms. The highest BCUT2D eigenvalue weighted by molar-refractivity contribution is 8.00. The number of nitrogens with one attached hydrogen (secondary N) is 1. The molecule has 130 valence electrons. The number of hydrogen-bond donors (Lipinski definition) is 1. The van der Waals surface area contributed by atoms with E-state index < -0.39 is 0 Å². The Morgan fingerprint density at radius 3 is 2.81 bits per heavy atom. The van der Waals surface area contributed by atoms with Crippen molar-refractivity contribution < 1.29 is 9.18 Å². The van der Waals surface area contributed by atoms with Gasteiger partial charge in [-0.25, -0.2) is 19.3 Å². The van der Waals surface area contributed by atoms with Gasteiger partial charge < -0.3 is 5.32 Å². The third-order valence-electron chi connectivity index (χ3n) is 3.36. The van der Waals surface area contributed by atoms with Crippen molar-refractivity contribution in [1.82, 2.24) is 19.3 Å². The minimum Gasteiger partial charge on any atom is -0.301 e. The first kappa shape index (κ1) is 17.0. The van der Waals surface area contributed by atoms with Crippen LogP contribution in [0, 0.1) is 5.82 Å². The number of anilines is 1. The maximum atomic E-state index is 13.1. The van der Waals surface area contributed by atoms with Crippen molar-refractivity contribution >= 4 is 55.9 Å². The van der Waals surface area contributed by atoms with Crippen LogP contribution in [0.4, 0.5) is 9.52 Å². The van der Waals surface area contributed by atoms with Gasteiger partial charge in [0.25, 0.3) is 0 Å². The van der Waals surface area contributed by atoms with Gasteiger partial charge in [-0.05, 0) is 35.8 Å². The van der Waals surface area contributed by atoms with E-state index in [9.17, 15) is 9.18 Å². The summed E-state index contributed by atoms with van der Waals surface area (Å²) in [5.41, 5.74) is 2.16. The van der Waals surface area contributed by atoms with Crippen LogP contribution in [0.15, 0.2) is 47.2 Å². The molecule has 10 heteroatoms. The van der Waals surface area contributed by atoms with Crippen molar-refractivity contribution in [2.45, 2.75) is 5.03 Å². The van der Waals surface area contributed by atoms with Crippen LogP contribution in [-0.4, -0.2) is 31.0 Å². The van der Waals surface area contributed by atoms with Crippen molar-refractivity contribution in [2.24, 2.45) is 0 Å². The van der Waals surface area contributed by atoms with Gasteiger partial charge in [0.1, 0.15) is 33.1 Å². The number of thioether (sulfide) groups is 1. The van der Waals surface area contributed by atoms with E-state index in [1.165, 1.54) is 53.1 Å². The second kappa shape index (κ2) is 7.44. The molecule has 4 rings (SSSR count). The summed E-state index contributed by atoms with van der Waals surface area (Å²) in [6.07, 6.45) is 3.08. The third kappa shape index (κ3) is 3.57. The number of halogens is 1. The number of carbonyl (C=O) groups is 1. The lowest BCUT2D eigenvalue weighted by Crippen LogP contribution is -2.13. The van der Waals surface area contributed by atoms with Crippen molar-refractivity contribution in [1.29, 1.82) is 0 Å². The van der Waals surface area contributed by atoms with Gasteiger partial charge in [-0.2, -0.15) is 4.37 Å². The number of thiazole rings is 1. The Balaban J connectivity index is 1.55. The van der Waals surface area contributed by atoms with Crippen LogP contribution >= 0.6 is 34.6 Å². The van der Waals surface area contributed by atoms with Gasteiger partial charge in [0, 0.05) is 17.1 Å². The number of aromatic nitrogens is 4. The molecule has 3 heterocycles. The summed E-state index contributed by atoms with van der Waals surface area (Å²) in [6.45, 7) is 0. The van der Waals surface area contributed by atoms with E-state index in [2.05, 4.69) is 24.6 Å². The summed E-state index contributed by atoms with van der Waals surface area (Å²) in [5, 5.41) is 5.79. The van der Waals surface area contributed by atoms with E-state index in [4.69, 9.17) is 0 Å². The summed E-state index contributed by atoms with van der Waals surface area (Å²) >= 11 is 3.94. The van der Waals surface area contributed by atoms with Crippen LogP contribution in [0.2, 0.25) is 0 Å². The monoisotopic (exact) mass is 403 g/mol. The molecule has 1 N–H and O–H groups in total. The van der Waals surface area contributed by atoms with E-state index in [1.807, 2.05) is 0 Å². The van der Waals surface area contributed by atoms with Crippen LogP contribution in [0.1, 0.15) is 0 Å². The molecule has 0 fully saturated rings. The lowest BCUT2D eigenvalue weighted by molar-refractivity contribution is -0.113. The molecule has 6 nitrogen and oxygen atoms in total. The Morgan fingerprint density at radius 2 is 2.04 bits per heavy atom. The van der Waals surface area contributed by atoms with Gasteiger partial charge in [0.2, 0.25) is 5.91 Å². The highest BCUT2D eigenvalue weighted by Crippen LogP contribution is 2.34. The fourth-order valence-electron chi connectivity index (χ4n) is 2.22. The van der Waals surface area contributed by atoms with Gasteiger partial charge in [-0.15, -0.1) is 11.3 Å². The average molecular weight is 403 g/mol. The average Bonchev–Trinajstić information content (AvgIpc) is 3.30. The number of fused-ring (bicyclic) bond motifs is 1. The third-order valence-corrected chi connectivity index (χ3v) is 6.01. The number of benzene rings is 1. The molecule has 0 unspecified atom stereocenters. The number of rotatable bonds is 5. The summed E-state index contributed by atoms with van der Waals surface area (Å²) in [6, 6.07) is 6.11. The first-order valence-electron chi connectivity index (χ1n) is 7.39. The standard InChI is InChI=1S/C16H10FN5OS3/c17-10-3-1-9(2-4-10)12-13-14(26-22-12)15(20-8-19-13)25-7-11(23)21-16-18-5-6-24-16/h1-6,8H,7H2,(H,18,21,23). The second-order valence-electron chi connectivity index (χ2n) is 5.07. The van der Waals surface area contributed by atoms with Crippen LogP contribution in [0.5, 0.6) is 0 Å². The highest BCUT2D eigenvalue weighted by Gasteiger charge is 2.15. The molecule has 0 aliphatic heterocycles. The zero-order valence-corrected chi connectivity index (χ0v) is 15.5. The van der Waals surface area contributed by atoms with Crippen LogP contribution in [0.25, 0.3) is 21.5 Å². The Kier molecular flexibility index (Phi) is 4.87. The molecule has 0 atom stereocenters. The minimum atomic E-state index is -0.301. The molecule has 26 heavy (non-hydrogen) atoms. The molecule has 1 aromatic carbocycles. The Labute approximate surface area is 159 Å². The van der Waals surface area contributed by atoms with Gasteiger partial charge in [-0.1, -0.05) is 11.8 Å². The fourth-order valence-corrected chi connectivity index (χ4v) is 4.48. The Bertz CT molecular complexity index is 1050. The number of carbonyl (C=O) groups excluding carboxylic acids is 1. The molecule has 0 bridgehead atoms. The molecular weight excluding hydrogens is 393 g/mol. The molecular formula is C16H10FN5OS3. The molecule has 0 aliphatic rings. The number of amides is 1. The van der Waals surface area contributed by atoms with E-state index in [0.29, 0.717) is 21.4 Å². The summed E-state index contributed by atoms with van der Waals surface area (Å²) in [7, 11) is 0. The Morgan fingerprint density at radius 1 is 1.19 bits per heavy atom. The van der Waals surface area contributed by atoms with Crippen molar-refractivity contribution in [2.75, 3.05) is 11.1 Å². The predicted molar refractivity (Wildman–Crippen MR) is 102 cm³/mol. The minimum absolute atomic E-state index is 0.153. The lowest BCUT2D eigenvalue weighted by atomic mass is 10.1. The lowest BCUT2D eigenvalue weighted by Gasteiger charge is -2.02. The topological polar surface area (TPSA) is 80.7 Å². The first-order chi connectivity index (χ1) is 12.7. The van der Waals surface area contributed by atoms with Gasteiger partial charge >= 0.3 is 0 Å². The SMILES string of the molecule is O=C(CSc1ncnc2c(-c3ccc(F)cc3)nsc12)Nc1nccs1. The largest absolute Gasteiger partial charge is 0.301 e. The van der Waals surface area contributed by atoms with Gasteiger partial charge in [0.15, 0.2) is 5.13 Å². The van der Waals surface area contributed by atoms with E-state index in [-0.39, 0.29) is 17.5 Å². The molecule has 0 aliphatic carbocycles. The molecule has 1 amide bonds. The fraction of sp³-hybridized carbons (Fsp3) is 0.0625. The molecule has 0 radical (unpaired) electrons. The van der Waals surface area contributed by atoms with Crippen LogP contribution < -0.4 is 5.32 Å². The van der Waals surface area contributed by atoms with E-state index >= 15 is 0 Å². The summed E-state index contributed by atoms with van der Waals surface area (Å²) < 4.78 is 18.4. The smallest absolute Gasteiger partial charge is 0.236 e. The molecule has 4 aromatic rings. The Hall–Kier alpha value is -2.43. The van der Waals surface area contributed by atoms with E-state index in [0.717, 1.165) is 10.3 Å². The van der Waals surface area contributed by atoms with Gasteiger partial charge in [0.05, 0.1) is 5.75 Å². The quantitative estimate of drug-likeness (QED) is 0.399. The molecule has 0 saturated carbocycles. The van der Waals surface area contributed by atoms with Crippen molar-refractivity contribution in [3.63, 3.8) is 0 Å². The molecule has 3 aromatic heterocycles. The number of hydrogen-bond acceptors (Lipinski definition) is 8. The maximum absolute atomic E-state index is 13.1. The van der Waals surface area contributed by atoms with Crippen LogP contribution in [0.3, 0.4) is 0 Å². The first-order valence-corrected chi connectivity index (χ1v) is 10.0. The molecule has 0 saturated heterocycles. The second-order valence-corrected chi connectivity index (χ2v) is 7.70. The zero-order chi connectivity index (χ0) is 17.9. The predicted octanol–water partition coefficient (Wildman–Crippen LogP) is 4.08. The zero-order valence-electron chi connectivity index (χ0n) is 13.0. The summed E-state index contributed by atoms with van der Waals surface area (Å²) in [4.78, 5) is 24.6.